The van der Waals surface area contributed by atoms with Crippen LogP contribution in [0.25, 0.3) is 11.3 Å². The highest BCUT2D eigenvalue weighted by Gasteiger charge is 2.36. The summed E-state index contributed by atoms with van der Waals surface area (Å²) in [6.45, 7) is -2.62. The second-order valence-corrected chi connectivity index (χ2v) is 7.24. The summed E-state index contributed by atoms with van der Waals surface area (Å²) < 4.78 is 33.8. The number of hydrogen-bond acceptors (Lipinski definition) is 6. The van der Waals surface area contributed by atoms with Crippen molar-refractivity contribution < 1.29 is 27.7 Å². The number of aromatic nitrogens is 2. The Morgan fingerprint density at radius 3 is 2.62 bits per heavy atom. The molecule has 2 amide bonds. The van der Waals surface area contributed by atoms with E-state index in [1.807, 2.05) is 30.3 Å². The Kier molecular flexibility index (Phi) is 6.39. The van der Waals surface area contributed by atoms with Crippen LogP contribution in [0.5, 0.6) is 5.75 Å². The van der Waals surface area contributed by atoms with Gasteiger partial charge < -0.3 is 15.0 Å². The molecule has 0 aliphatic carbocycles. The zero-order valence-corrected chi connectivity index (χ0v) is 16.9. The fourth-order valence-corrected chi connectivity index (χ4v) is 3.60. The van der Waals surface area contributed by atoms with Gasteiger partial charge in [0, 0.05) is 18.5 Å². The van der Waals surface area contributed by atoms with E-state index < -0.39 is 12.7 Å². The highest BCUT2D eigenvalue weighted by molar-refractivity contribution is 5.90. The van der Waals surface area contributed by atoms with Gasteiger partial charge in [-0.25, -0.2) is 4.63 Å². The summed E-state index contributed by atoms with van der Waals surface area (Å²) in [6, 6.07) is 14.7. The van der Waals surface area contributed by atoms with Gasteiger partial charge in [0.15, 0.2) is 0 Å². The molecule has 2 heterocycles. The molecule has 1 saturated heterocycles. The Bertz CT molecular complexity index is 1070. The molecule has 0 saturated carbocycles. The van der Waals surface area contributed by atoms with Crippen molar-refractivity contribution in [2.75, 3.05) is 0 Å². The number of hydrogen-bond donors (Lipinski definition) is 1. The molecule has 1 aliphatic heterocycles. The van der Waals surface area contributed by atoms with Gasteiger partial charge in [0.25, 0.3) is 0 Å². The maximum absolute atomic E-state index is 12.8. The lowest BCUT2D eigenvalue weighted by atomic mass is 10.1. The summed E-state index contributed by atoms with van der Waals surface area (Å²) in [6.07, 6.45) is 0.644. The van der Waals surface area contributed by atoms with Crippen LogP contribution in [0, 0.1) is 0 Å². The standard InChI is InChI=1S/C22H20F2N4O4/c23-22(24)31-16-8-6-14(7-9-16)13-28-18(10-11-19(28)29)21(30)25-12-17-20(27-32-26-17)15-4-2-1-3-5-15/h1-9,18,22H,10-13H2,(H,25,30). The third kappa shape index (κ3) is 4.90. The summed E-state index contributed by atoms with van der Waals surface area (Å²) >= 11 is 0. The molecule has 2 aromatic carbocycles. The number of alkyl halides is 2. The van der Waals surface area contributed by atoms with E-state index in [0.29, 0.717) is 23.4 Å². The van der Waals surface area contributed by atoms with Gasteiger partial charge in [-0.15, -0.1) is 0 Å². The third-order valence-corrected chi connectivity index (χ3v) is 5.17. The number of ether oxygens (including phenoxy) is 1. The van der Waals surface area contributed by atoms with Crippen LogP contribution < -0.4 is 10.1 Å². The lowest BCUT2D eigenvalue weighted by molar-refractivity contribution is -0.135. The summed E-state index contributed by atoms with van der Waals surface area (Å²) in [5, 5.41) is 10.6. The predicted molar refractivity (Wildman–Crippen MR) is 108 cm³/mol. The van der Waals surface area contributed by atoms with Gasteiger partial charge in [-0.05, 0) is 29.3 Å². The van der Waals surface area contributed by atoms with E-state index in [0.717, 1.165) is 5.56 Å². The first kappa shape index (κ1) is 21.4. The number of carbonyl (C=O) groups is 2. The Hall–Kier alpha value is -3.82. The van der Waals surface area contributed by atoms with Gasteiger partial charge in [0.05, 0.1) is 6.54 Å². The highest BCUT2D eigenvalue weighted by Crippen LogP contribution is 2.24. The second-order valence-electron chi connectivity index (χ2n) is 7.24. The first-order chi connectivity index (χ1) is 15.5. The van der Waals surface area contributed by atoms with Crippen molar-refractivity contribution in [3.63, 3.8) is 0 Å². The molecule has 1 N–H and O–H groups in total. The number of halogens is 2. The van der Waals surface area contributed by atoms with Gasteiger partial charge in [-0.2, -0.15) is 8.78 Å². The molecule has 8 nitrogen and oxygen atoms in total. The Labute approximate surface area is 182 Å². The molecular formula is C22H20F2N4O4. The number of nitrogens with zero attached hydrogens (tertiary/aromatic N) is 3. The second kappa shape index (κ2) is 9.54. The van der Waals surface area contributed by atoms with E-state index in [-0.39, 0.29) is 37.1 Å². The van der Waals surface area contributed by atoms with Gasteiger partial charge in [-0.3, -0.25) is 9.59 Å². The maximum Gasteiger partial charge on any atom is 0.387 e. The molecule has 4 rings (SSSR count). The van der Waals surface area contributed by atoms with Crippen LogP contribution in [0.3, 0.4) is 0 Å². The number of rotatable bonds is 8. The number of carbonyl (C=O) groups excluding carboxylic acids is 2. The number of nitrogens with one attached hydrogen (secondary N) is 1. The fraction of sp³-hybridized carbons (Fsp3) is 0.273. The predicted octanol–water partition coefficient (Wildman–Crippen LogP) is 3.15. The molecule has 32 heavy (non-hydrogen) atoms. The Morgan fingerprint density at radius 2 is 1.91 bits per heavy atom. The number of benzene rings is 2. The Morgan fingerprint density at radius 1 is 1.16 bits per heavy atom. The zero-order valence-electron chi connectivity index (χ0n) is 16.9. The topological polar surface area (TPSA) is 97.6 Å². The van der Waals surface area contributed by atoms with Crippen LogP contribution in [0.2, 0.25) is 0 Å². The van der Waals surface area contributed by atoms with Crippen molar-refractivity contribution in [2.45, 2.75) is 38.6 Å². The molecule has 1 atom stereocenters. The van der Waals surface area contributed by atoms with Crippen LogP contribution in [-0.2, 0) is 22.7 Å². The molecule has 10 heteroatoms. The molecule has 3 aromatic rings. The van der Waals surface area contributed by atoms with E-state index in [9.17, 15) is 18.4 Å². The molecule has 1 fully saturated rings. The van der Waals surface area contributed by atoms with Crippen LogP contribution in [-0.4, -0.2) is 39.7 Å². The number of amides is 2. The van der Waals surface area contributed by atoms with Crippen molar-refractivity contribution in [1.82, 2.24) is 20.5 Å². The molecule has 0 spiro atoms. The van der Waals surface area contributed by atoms with Gasteiger partial charge in [0.1, 0.15) is 23.2 Å². The van der Waals surface area contributed by atoms with Crippen molar-refractivity contribution >= 4 is 11.8 Å². The van der Waals surface area contributed by atoms with Crippen molar-refractivity contribution in [3.05, 3.63) is 65.9 Å². The molecule has 0 radical (unpaired) electrons. The van der Waals surface area contributed by atoms with E-state index in [1.165, 1.54) is 17.0 Å². The molecule has 1 aliphatic rings. The molecular weight excluding hydrogens is 422 g/mol. The summed E-state index contributed by atoms with van der Waals surface area (Å²) in [7, 11) is 0. The molecule has 166 valence electrons. The molecule has 0 bridgehead atoms. The average Bonchev–Trinajstić information content (AvgIpc) is 3.41. The monoisotopic (exact) mass is 442 g/mol. The first-order valence-corrected chi connectivity index (χ1v) is 9.99. The minimum Gasteiger partial charge on any atom is -0.435 e. The lowest BCUT2D eigenvalue weighted by Gasteiger charge is -2.24. The van der Waals surface area contributed by atoms with Crippen LogP contribution in [0.4, 0.5) is 8.78 Å². The van der Waals surface area contributed by atoms with Gasteiger partial charge in [0.2, 0.25) is 11.8 Å². The van der Waals surface area contributed by atoms with Crippen LogP contribution in [0.1, 0.15) is 24.1 Å². The van der Waals surface area contributed by atoms with E-state index in [4.69, 9.17) is 4.63 Å². The minimum absolute atomic E-state index is 0.0289. The molecule has 1 unspecified atom stereocenters. The largest absolute Gasteiger partial charge is 0.435 e. The van der Waals surface area contributed by atoms with Crippen LogP contribution in [0.15, 0.2) is 59.2 Å². The minimum atomic E-state index is -2.91. The van der Waals surface area contributed by atoms with Crippen molar-refractivity contribution in [2.24, 2.45) is 0 Å². The van der Waals surface area contributed by atoms with Gasteiger partial charge in [-0.1, -0.05) is 47.6 Å². The summed E-state index contributed by atoms with van der Waals surface area (Å²) in [4.78, 5) is 26.7. The van der Waals surface area contributed by atoms with Crippen LogP contribution >= 0.6 is 0 Å². The van der Waals surface area contributed by atoms with E-state index >= 15 is 0 Å². The normalized spacial score (nSPS) is 15.9. The molecule has 1 aromatic heterocycles. The van der Waals surface area contributed by atoms with E-state index in [1.54, 1.807) is 12.1 Å². The zero-order chi connectivity index (χ0) is 22.5. The smallest absolute Gasteiger partial charge is 0.387 e. The van der Waals surface area contributed by atoms with E-state index in [2.05, 4.69) is 20.4 Å². The summed E-state index contributed by atoms with van der Waals surface area (Å²) in [5.41, 5.74) is 2.54. The number of likely N-dealkylation sites (tertiary alicyclic amines) is 1. The SMILES string of the molecule is O=C(NCc1nonc1-c1ccccc1)C1CCC(=O)N1Cc1ccc(OC(F)F)cc1. The van der Waals surface area contributed by atoms with Gasteiger partial charge >= 0.3 is 6.61 Å². The highest BCUT2D eigenvalue weighted by atomic mass is 19.3. The average molecular weight is 442 g/mol. The Balaban J connectivity index is 1.39. The maximum atomic E-state index is 12.8. The first-order valence-electron chi connectivity index (χ1n) is 9.99. The van der Waals surface area contributed by atoms with Crippen molar-refractivity contribution in [1.29, 1.82) is 0 Å². The fourth-order valence-electron chi connectivity index (χ4n) is 3.60. The summed E-state index contributed by atoms with van der Waals surface area (Å²) in [5.74, 6) is -0.428. The quantitative estimate of drug-likeness (QED) is 0.576. The van der Waals surface area contributed by atoms with Crippen molar-refractivity contribution in [3.8, 4) is 17.0 Å². The third-order valence-electron chi connectivity index (χ3n) is 5.17. The lowest BCUT2D eigenvalue weighted by Crippen LogP contribution is -2.44.